The number of ketones is 1. The normalized spacial score (nSPS) is 10.6. The molecule has 1 amide bonds. The fourth-order valence-corrected chi connectivity index (χ4v) is 5.82. The molecule has 0 unspecified atom stereocenters. The molecule has 0 fully saturated rings. The summed E-state index contributed by atoms with van der Waals surface area (Å²) in [4.78, 5) is 40.3. The van der Waals surface area contributed by atoms with Crippen LogP contribution in [0.5, 0.6) is 11.5 Å². The van der Waals surface area contributed by atoms with Crippen LogP contribution in [-0.2, 0) is 16.0 Å². The minimum Gasteiger partial charge on any atom is -0.490 e. The quantitative estimate of drug-likeness (QED) is 0.121. The number of anilines is 1. The lowest BCUT2D eigenvalue weighted by Gasteiger charge is -2.12. The fourth-order valence-electron chi connectivity index (χ4n) is 4.57. The fraction of sp³-hybridized carbons (Fsp3) is 0.265. The second-order valence-corrected chi connectivity index (χ2v) is 10.5. The van der Waals surface area contributed by atoms with E-state index in [0.717, 1.165) is 21.6 Å². The third kappa shape index (κ3) is 7.64. The first-order valence-corrected chi connectivity index (χ1v) is 14.9. The Kier molecular flexibility index (Phi) is 10.9. The van der Waals surface area contributed by atoms with Gasteiger partial charge in [0.15, 0.2) is 17.3 Å². The van der Waals surface area contributed by atoms with Gasteiger partial charge in [-0.15, -0.1) is 11.3 Å². The van der Waals surface area contributed by atoms with Gasteiger partial charge in [0, 0.05) is 35.3 Å². The molecule has 0 radical (unpaired) electrons. The summed E-state index contributed by atoms with van der Waals surface area (Å²) in [5.41, 5.74) is 3.45. The standard InChI is InChI=1S/C34H35NO6S/c1-4-39-27-19-17-25(22-28(27)40-5-2)26(36)18-20-30(37)35-33-32(34(38)41-6-3)31(24-15-11-8-12-16-24)29(42-33)21-23-13-9-7-10-14-23/h7-17,19,22H,4-6,18,20-21H2,1-3H3,(H,35,37). The number of esters is 1. The minimum atomic E-state index is -0.504. The average molecular weight is 586 g/mol. The number of hydrogen-bond acceptors (Lipinski definition) is 7. The number of thiophene rings is 1. The van der Waals surface area contributed by atoms with Gasteiger partial charge < -0.3 is 19.5 Å². The molecule has 1 N–H and O–H groups in total. The lowest BCUT2D eigenvalue weighted by molar-refractivity contribution is -0.116. The number of amides is 1. The summed E-state index contributed by atoms with van der Waals surface area (Å²) in [7, 11) is 0. The van der Waals surface area contributed by atoms with Crippen LogP contribution in [0, 0.1) is 0 Å². The van der Waals surface area contributed by atoms with Crippen LogP contribution in [0.3, 0.4) is 0 Å². The van der Waals surface area contributed by atoms with Crippen LogP contribution >= 0.6 is 11.3 Å². The number of hydrogen-bond donors (Lipinski definition) is 1. The molecule has 4 rings (SSSR count). The molecule has 0 saturated heterocycles. The lowest BCUT2D eigenvalue weighted by Crippen LogP contribution is -2.16. The Labute approximate surface area is 250 Å². The minimum absolute atomic E-state index is 0.00604. The second kappa shape index (κ2) is 15.0. The zero-order valence-corrected chi connectivity index (χ0v) is 24.9. The van der Waals surface area contributed by atoms with Crippen LogP contribution in [0.4, 0.5) is 5.00 Å². The smallest absolute Gasteiger partial charge is 0.341 e. The predicted molar refractivity (Wildman–Crippen MR) is 166 cm³/mol. The monoisotopic (exact) mass is 585 g/mol. The summed E-state index contributed by atoms with van der Waals surface area (Å²) in [6.07, 6.45) is 0.523. The molecule has 7 nitrogen and oxygen atoms in total. The molecule has 4 aromatic rings. The number of carbonyl (C=O) groups excluding carboxylic acids is 3. The van der Waals surface area contributed by atoms with Crippen molar-refractivity contribution in [3.8, 4) is 22.6 Å². The summed E-state index contributed by atoms with van der Waals surface area (Å²) in [5.74, 6) is -0.00104. The van der Waals surface area contributed by atoms with Crippen LogP contribution in [0.15, 0.2) is 78.9 Å². The highest BCUT2D eigenvalue weighted by atomic mass is 32.1. The lowest BCUT2D eigenvalue weighted by atomic mass is 9.98. The molecule has 0 saturated carbocycles. The molecular formula is C34H35NO6S. The van der Waals surface area contributed by atoms with Crippen molar-refractivity contribution in [1.82, 2.24) is 0 Å². The van der Waals surface area contributed by atoms with E-state index in [0.29, 0.717) is 47.3 Å². The second-order valence-electron chi connectivity index (χ2n) is 9.35. The van der Waals surface area contributed by atoms with Gasteiger partial charge in [0.25, 0.3) is 0 Å². The van der Waals surface area contributed by atoms with E-state index < -0.39 is 5.97 Å². The molecule has 0 aliphatic carbocycles. The van der Waals surface area contributed by atoms with Crippen LogP contribution in [0.2, 0.25) is 0 Å². The van der Waals surface area contributed by atoms with E-state index in [-0.39, 0.29) is 31.1 Å². The molecule has 42 heavy (non-hydrogen) atoms. The van der Waals surface area contributed by atoms with Gasteiger partial charge >= 0.3 is 5.97 Å². The van der Waals surface area contributed by atoms with Crippen molar-refractivity contribution in [2.24, 2.45) is 0 Å². The molecule has 0 spiro atoms. The van der Waals surface area contributed by atoms with Crippen LogP contribution in [-0.4, -0.2) is 37.5 Å². The maximum Gasteiger partial charge on any atom is 0.341 e. The maximum absolute atomic E-state index is 13.3. The van der Waals surface area contributed by atoms with Gasteiger partial charge in [0.1, 0.15) is 10.6 Å². The molecule has 1 aromatic heterocycles. The number of benzene rings is 3. The number of nitrogens with one attached hydrogen (secondary N) is 1. The number of Topliss-reactive ketones (excluding diaryl/α,β-unsaturated/α-hetero) is 1. The summed E-state index contributed by atoms with van der Waals surface area (Å²) in [5, 5.41) is 3.32. The van der Waals surface area contributed by atoms with Crippen molar-refractivity contribution in [3.63, 3.8) is 0 Å². The zero-order chi connectivity index (χ0) is 29.9. The molecular weight excluding hydrogens is 550 g/mol. The van der Waals surface area contributed by atoms with Gasteiger partial charge in [0.05, 0.1) is 19.8 Å². The van der Waals surface area contributed by atoms with E-state index >= 15 is 0 Å². The van der Waals surface area contributed by atoms with Gasteiger partial charge in [-0.3, -0.25) is 9.59 Å². The Morgan fingerprint density at radius 1 is 0.762 bits per heavy atom. The van der Waals surface area contributed by atoms with Crippen molar-refractivity contribution in [2.45, 2.75) is 40.0 Å². The van der Waals surface area contributed by atoms with Gasteiger partial charge in [-0.1, -0.05) is 60.7 Å². The summed E-state index contributed by atoms with van der Waals surface area (Å²) >= 11 is 1.35. The third-order valence-corrected chi connectivity index (χ3v) is 7.53. The molecule has 0 aliphatic heterocycles. The maximum atomic E-state index is 13.3. The largest absolute Gasteiger partial charge is 0.490 e. The molecule has 3 aromatic carbocycles. The molecule has 218 valence electrons. The highest BCUT2D eigenvalue weighted by Crippen LogP contribution is 2.42. The molecule has 8 heteroatoms. The first kappa shape index (κ1) is 30.5. The van der Waals surface area contributed by atoms with E-state index in [9.17, 15) is 14.4 Å². The zero-order valence-electron chi connectivity index (χ0n) is 24.1. The highest BCUT2D eigenvalue weighted by molar-refractivity contribution is 7.17. The summed E-state index contributed by atoms with van der Waals surface area (Å²) in [6.45, 7) is 6.59. The van der Waals surface area contributed by atoms with Crippen molar-refractivity contribution in [2.75, 3.05) is 25.1 Å². The number of carbonyl (C=O) groups is 3. The van der Waals surface area contributed by atoms with E-state index in [1.807, 2.05) is 74.5 Å². The predicted octanol–water partition coefficient (Wildman–Crippen LogP) is 7.58. The van der Waals surface area contributed by atoms with E-state index in [1.165, 1.54) is 11.3 Å². The van der Waals surface area contributed by atoms with Crippen molar-refractivity contribution < 1.29 is 28.6 Å². The third-order valence-electron chi connectivity index (χ3n) is 6.43. The number of ether oxygens (including phenoxy) is 3. The van der Waals surface area contributed by atoms with Crippen LogP contribution in [0.1, 0.15) is 64.8 Å². The SMILES string of the molecule is CCOC(=O)c1c(NC(=O)CCC(=O)c2ccc(OCC)c(OCC)c2)sc(Cc2ccccc2)c1-c1ccccc1. The van der Waals surface area contributed by atoms with E-state index in [1.54, 1.807) is 25.1 Å². The van der Waals surface area contributed by atoms with Crippen molar-refractivity contribution in [3.05, 3.63) is 100 Å². The van der Waals surface area contributed by atoms with Gasteiger partial charge in [-0.05, 0) is 50.1 Å². The Morgan fingerprint density at radius 2 is 1.43 bits per heavy atom. The molecule has 1 heterocycles. The average Bonchev–Trinajstić information content (AvgIpc) is 3.35. The Hall–Kier alpha value is -4.43. The molecule has 0 bridgehead atoms. The first-order chi connectivity index (χ1) is 20.4. The molecule has 0 atom stereocenters. The van der Waals surface area contributed by atoms with E-state index in [2.05, 4.69) is 5.32 Å². The van der Waals surface area contributed by atoms with Gasteiger partial charge in [-0.25, -0.2) is 4.79 Å². The van der Waals surface area contributed by atoms with Crippen LogP contribution < -0.4 is 14.8 Å². The Balaban J connectivity index is 1.59. The first-order valence-electron chi connectivity index (χ1n) is 14.1. The summed E-state index contributed by atoms with van der Waals surface area (Å²) < 4.78 is 16.6. The molecule has 0 aliphatic rings. The summed E-state index contributed by atoms with van der Waals surface area (Å²) in [6, 6.07) is 24.6. The van der Waals surface area contributed by atoms with Gasteiger partial charge in [-0.2, -0.15) is 0 Å². The topological polar surface area (TPSA) is 90.9 Å². The Morgan fingerprint density at radius 3 is 2.10 bits per heavy atom. The highest BCUT2D eigenvalue weighted by Gasteiger charge is 2.27. The number of rotatable bonds is 14. The van der Waals surface area contributed by atoms with Crippen molar-refractivity contribution in [1.29, 1.82) is 0 Å². The van der Waals surface area contributed by atoms with E-state index in [4.69, 9.17) is 14.2 Å². The van der Waals surface area contributed by atoms with Crippen LogP contribution in [0.25, 0.3) is 11.1 Å². The Bertz CT molecular complexity index is 1510. The van der Waals surface area contributed by atoms with Crippen molar-refractivity contribution >= 4 is 34.0 Å². The van der Waals surface area contributed by atoms with Gasteiger partial charge in [0.2, 0.25) is 5.91 Å².